The summed E-state index contributed by atoms with van der Waals surface area (Å²) in [6.45, 7) is 0. The van der Waals surface area contributed by atoms with E-state index in [0.29, 0.717) is 19.3 Å². The summed E-state index contributed by atoms with van der Waals surface area (Å²) in [7, 11) is 0. The van der Waals surface area contributed by atoms with Crippen LogP contribution >= 0.6 is 0 Å². The number of carbonyl (C=O) groups is 1. The van der Waals surface area contributed by atoms with Gasteiger partial charge in [0, 0.05) is 5.69 Å². The summed E-state index contributed by atoms with van der Waals surface area (Å²) in [6.07, 6.45) is 3.62. The number of nitrogens with one attached hydrogen (secondary N) is 1. The molecule has 18 heavy (non-hydrogen) atoms. The molecule has 0 aliphatic heterocycles. The molecule has 1 saturated carbocycles. The number of anilines is 1. The Hall–Kier alpha value is -2.02. The highest BCUT2D eigenvalue weighted by molar-refractivity contribution is 5.83. The van der Waals surface area contributed by atoms with Crippen molar-refractivity contribution in [2.75, 3.05) is 5.32 Å². The van der Waals surface area contributed by atoms with Crippen LogP contribution in [0.2, 0.25) is 0 Å². The summed E-state index contributed by atoms with van der Waals surface area (Å²) in [5, 5.41) is 21.1. The quantitative estimate of drug-likeness (QED) is 0.853. The summed E-state index contributed by atoms with van der Waals surface area (Å²) < 4.78 is 0. The van der Waals surface area contributed by atoms with Crippen molar-refractivity contribution in [3.63, 3.8) is 0 Å². The van der Waals surface area contributed by atoms with E-state index in [-0.39, 0.29) is 0 Å². The molecule has 0 atom stereocenters. The molecule has 0 spiro atoms. The second-order valence-corrected chi connectivity index (χ2v) is 4.75. The number of hydrogen-bond donors (Lipinski definition) is 2. The minimum Gasteiger partial charge on any atom is -0.480 e. The van der Waals surface area contributed by atoms with Gasteiger partial charge in [-0.2, -0.15) is 5.26 Å². The van der Waals surface area contributed by atoms with Crippen molar-refractivity contribution in [1.82, 2.24) is 0 Å². The maximum absolute atomic E-state index is 11.4. The Balaban J connectivity index is 2.13. The monoisotopic (exact) mass is 244 g/mol. The van der Waals surface area contributed by atoms with Gasteiger partial charge >= 0.3 is 5.97 Å². The van der Waals surface area contributed by atoms with Crippen LogP contribution in [0.25, 0.3) is 0 Å². The SMILES string of the molecule is N#CCc1ccc(NC2(C(=O)O)CCCC2)cc1. The topological polar surface area (TPSA) is 73.1 Å². The molecule has 0 bridgehead atoms. The van der Waals surface area contributed by atoms with Gasteiger partial charge in [0.15, 0.2) is 0 Å². The van der Waals surface area contributed by atoms with Crippen LogP contribution in [0.3, 0.4) is 0 Å². The third-order valence-corrected chi connectivity index (χ3v) is 3.49. The molecule has 0 heterocycles. The fourth-order valence-electron chi connectivity index (χ4n) is 2.44. The third kappa shape index (κ3) is 2.45. The van der Waals surface area contributed by atoms with Crippen LogP contribution in [-0.4, -0.2) is 16.6 Å². The fraction of sp³-hybridized carbons (Fsp3) is 0.429. The Labute approximate surface area is 106 Å². The molecule has 2 N–H and O–H groups in total. The number of aliphatic carboxylic acids is 1. The molecular weight excluding hydrogens is 228 g/mol. The van der Waals surface area contributed by atoms with Gasteiger partial charge in [-0.15, -0.1) is 0 Å². The van der Waals surface area contributed by atoms with Crippen LogP contribution in [-0.2, 0) is 11.2 Å². The molecule has 1 fully saturated rings. The van der Waals surface area contributed by atoms with E-state index in [1.54, 1.807) is 0 Å². The van der Waals surface area contributed by atoms with E-state index in [9.17, 15) is 9.90 Å². The van der Waals surface area contributed by atoms with E-state index in [4.69, 9.17) is 5.26 Å². The fourth-order valence-corrected chi connectivity index (χ4v) is 2.44. The molecule has 4 nitrogen and oxygen atoms in total. The van der Waals surface area contributed by atoms with Gasteiger partial charge in [-0.05, 0) is 30.5 Å². The molecule has 0 amide bonds. The molecule has 0 radical (unpaired) electrons. The summed E-state index contributed by atoms with van der Waals surface area (Å²) in [5.74, 6) is -0.777. The van der Waals surface area contributed by atoms with E-state index >= 15 is 0 Å². The zero-order valence-corrected chi connectivity index (χ0v) is 10.1. The van der Waals surface area contributed by atoms with Crippen LogP contribution < -0.4 is 5.32 Å². The van der Waals surface area contributed by atoms with Gasteiger partial charge in [0.1, 0.15) is 5.54 Å². The third-order valence-electron chi connectivity index (χ3n) is 3.49. The van der Waals surface area contributed by atoms with Gasteiger partial charge in [-0.3, -0.25) is 0 Å². The highest BCUT2D eigenvalue weighted by Gasteiger charge is 2.41. The first kappa shape index (κ1) is 12.4. The van der Waals surface area contributed by atoms with E-state index in [1.807, 2.05) is 24.3 Å². The maximum atomic E-state index is 11.4. The predicted octanol–water partition coefficient (Wildman–Crippen LogP) is 2.56. The number of carboxylic acids is 1. The summed E-state index contributed by atoms with van der Waals surface area (Å²) in [4.78, 5) is 11.4. The van der Waals surface area contributed by atoms with Crippen molar-refractivity contribution in [1.29, 1.82) is 5.26 Å². The van der Waals surface area contributed by atoms with E-state index in [0.717, 1.165) is 24.1 Å². The largest absolute Gasteiger partial charge is 0.480 e. The van der Waals surface area contributed by atoms with Crippen molar-refractivity contribution >= 4 is 11.7 Å². The number of carboxylic acid groups (broad SMARTS) is 1. The highest BCUT2D eigenvalue weighted by atomic mass is 16.4. The number of nitrogens with zero attached hydrogens (tertiary/aromatic N) is 1. The van der Waals surface area contributed by atoms with E-state index < -0.39 is 11.5 Å². The van der Waals surface area contributed by atoms with Crippen molar-refractivity contribution in [3.8, 4) is 6.07 Å². The van der Waals surface area contributed by atoms with Crippen molar-refractivity contribution in [3.05, 3.63) is 29.8 Å². The summed E-state index contributed by atoms with van der Waals surface area (Å²) in [5.41, 5.74) is 0.941. The van der Waals surface area contributed by atoms with Gasteiger partial charge in [-0.1, -0.05) is 25.0 Å². The lowest BCUT2D eigenvalue weighted by Crippen LogP contribution is -2.43. The number of rotatable bonds is 4. The lowest BCUT2D eigenvalue weighted by Gasteiger charge is -2.26. The Morgan fingerprint density at radius 2 is 1.94 bits per heavy atom. The number of benzene rings is 1. The van der Waals surface area contributed by atoms with Gasteiger partial charge in [0.05, 0.1) is 12.5 Å². The first-order valence-electron chi connectivity index (χ1n) is 6.14. The van der Waals surface area contributed by atoms with E-state index in [2.05, 4.69) is 11.4 Å². The number of nitriles is 1. The van der Waals surface area contributed by atoms with Gasteiger partial charge < -0.3 is 10.4 Å². The van der Waals surface area contributed by atoms with Crippen LogP contribution in [0.15, 0.2) is 24.3 Å². The Morgan fingerprint density at radius 1 is 1.33 bits per heavy atom. The molecule has 0 aromatic heterocycles. The van der Waals surface area contributed by atoms with Gasteiger partial charge in [0.2, 0.25) is 0 Å². The summed E-state index contributed by atoms with van der Waals surface area (Å²) in [6, 6.07) is 9.49. The molecule has 4 heteroatoms. The molecule has 0 saturated heterocycles. The average molecular weight is 244 g/mol. The van der Waals surface area contributed by atoms with Crippen molar-refractivity contribution in [2.45, 2.75) is 37.6 Å². The van der Waals surface area contributed by atoms with Crippen LogP contribution in [0, 0.1) is 11.3 Å². The molecule has 1 aromatic rings. The molecule has 0 unspecified atom stereocenters. The molecule has 1 aromatic carbocycles. The Kier molecular flexibility index (Phi) is 3.52. The van der Waals surface area contributed by atoms with Crippen molar-refractivity contribution in [2.24, 2.45) is 0 Å². The minimum absolute atomic E-state index is 0.379. The lowest BCUT2D eigenvalue weighted by atomic mass is 9.97. The van der Waals surface area contributed by atoms with Gasteiger partial charge in [0.25, 0.3) is 0 Å². The normalized spacial score (nSPS) is 17.1. The minimum atomic E-state index is -0.809. The molecule has 2 rings (SSSR count). The average Bonchev–Trinajstić information content (AvgIpc) is 2.82. The predicted molar refractivity (Wildman–Crippen MR) is 68.2 cm³/mol. The molecule has 1 aliphatic rings. The van der Waals surface area contributed by atoms with Gasteiger partial charge in [-0.25, -0.2) is 4.79 Å². The Bertz CT molecular complexity index is 468. The lowest BCUT2D eigenvalue weighted by molar-refractivity contribution is -0.142. The second kappa shape index (κ2) is 5.09. The van der Waals surface area contributed by atoms with Crippen LogP contribution in [0.5, 0.6) is 0 Å². The van der Waals surface area contributed by atoms with E-state index in [1.165, 1.54) is 0 Å². The Morgan fingerprint density at radius 3 is 2.44 bits per heavy atom. The summed E-state index contributed by atoms with van der Waals surface area (Å²) >= 11 is 0. The number of hydrogen-bond acceptors (Lipinski definition) is 3. The first-order valence-corrected chi connectivity index (χ1v) is 6.14. The van der Waals surface area contributed by atoms with Crippen molar-refractivity contribution < 1.29 is 9.90 Å². The molecule has 94 valence electrons. The maximum Gasteiger partial charge on any atom is 0.329 e. The van der Waals surface area contributed by atoms with Crippen LogP contribution in [0.1, 0.15) is 31.2 Å². The molecular formula is C14H16N2O2. The highest BCUT2D eigenvalue weighted by Crippen LogP contribution is 2.33. The molecule has 1 aliphatic carbocycles. The zero-order chi connectivity index (χ0) is 13.0. The van der Waals surface area contributed by atoms with Crippen LogP contribution in [0.4, 0.5) is 5.69 Å². The first-order chi connectivity index (χ1) is 8.66. The second-order valence-electron chi connectivity index (χ2n) is 4.75. The standard InChI is InChI=1S/C14H16N2O2/c15-10-7-11-3-5-12(6-4-11)16-14(13(17)18)8-1-2-9-14/h3-6,16H,1-2,7-9H2,(H,17,18). The smallest absolute Gasteiger partial charge is 0.329 e. The zero-order valence-electron chi connectivity index (χ0n) is 10.1.